The van der Waals surface area contributed by atoms with E-state index in [9.17, 15) is 40.2 Å². The maximum Gasteiger partial charge on any atom is 0.309 e. The minimum atomic E-state index is -1.81. The van der Waals surface area contributed by atoms with Gasteiger partial charge in [-0.15, -0.1) is 0 Å². The molecule has 2 fully saturated rings. The normalized spacial score (nSPS) is 26.9. The number of carbonyl (C=O) groups is 2. The van der Waals surface area contributed by atoms with Crippen LogP contribution in [0.5, 0.6) is 0 Å². The minimum absolute atomic E-state index is 0.313. The Morgan fingerprint density at radius 3 is 0.934 bits per heavy atom. The fourth-order valence-corrected chi connectivity index (χ4v) is 8.47. The van der Waals surface area contributed by atoms with E-state index in [4.69, 9.17) is 23.7 Å². The number of unbranched alkanes of at least 4 members (excludes halogenated alkanes) is 20. The molecule has 2 heterocycles. The van der Waals surface area contributed by atoms with E-state index in [-0.39, 0.29) is 11.8 Å². The Balaban J connectivity index is 2.03. The highest BCUT2D eigenvalue weighted by molar-refractivity contribution is 5.72. The van der Waals surface area contributed by atoms with Crippen molar-refractivity contribution in [1.29, 1.82) is 0 Å². The van der Waals surface area contributed by atoms with Crippen molar-refractivity contribution in [3.63, 3.8) is 0 Å². The molecular formula is C48H90O13. The van der Waals surface area contributed by atoms with E-state index in [1.165, 1.54) is 51.4 Å². The first-order chi connectivity index (χ1) is 29.5. The summed E-state index contributed by atoms with van der Waals surface area (Å²) in [6, 6.07) is 0. The Labute approximate surface area is 369 Å². The summed E-state index contributed by atoms with van der Waals surface area (Å²) in [4.78, 5) is 26.8. The van der Waals surface area contributed by atoms with Gasteiger partial charge in [-0.2, -0.15) is 0 Å². The van der Waals surface area contributed by atoms with Crippen molar-refractivity contribution in [1.82, 2.24) is 0 Å². The van der Waals surface area contributed by atoms with Crippen molar-refractivity contribution in [3.8, 4) is 0 Å². The van der Waals surface area contributed by atoms with Crippen LogP contribution < -0.4 is 0 Å². The first-order valence-electron chi connectivity index (χ1n) is 24.9. The second kappa shape index (κ2) is 34.0. The Morgan fingerprint density at radius 2 is 0.656 bits per heavy atom. The number of rotatable bonds is 36. The number of aliphatic hydroxyl groups is 6. The van der Waals surface area contributed by atoms with Crippen molar-refractivity contribution in [3.05, 3.63) is 0 Å². The van der Waals surface area contributed by atoms with Crippen LogP contribution in [-0.4, -0.2) is 117 Å². The third-order valence-corrected chi connectivity index (χ3v) is 12.7. The second-order valence-corrected chi connectivity index (χ2v) is 18.0. The molecule has 2 rings (SSSR count). The SMILES string of the molecule is CCCCCCCCC(CCCCCCCC)C(=O)OCC1O[C@@H](O[C@@H]2OC(COC(=O)C(CCCCCCCC)CCCCCCCC)[C@H](O)[C@H](O)C2O)C(O)[C@@H](O)[C@H]1O. The van der Waals surface area contributed by atoms with Gasteiger partial charge in [-0.25, -0.2) is 0 Å². The molecule has 0 saturated carbocycles. The molecular weight excluding hydrogens is 785 g/mol. The molecule has 2 aliphatic heterocycles. The van der Waals surface area contributed by atoms with E-state index in [0.717, 1.165) is 103 Å². The average Bonchev–Trinajstić information content (AvgIpc) is 3.25. The van der Waals surface area contributed by atoms with Crippen LogP contribution in [0.15, 0.2) is 0 Å². The molecule has 0 bridgehead atoms. The van der Waals surface area contributed by atoms with Crippen LogP contribution in [0.25, 0.3) is 0 Å². The third-order valence-electron chi connectivity index (χ3n) is 12.7. The maximum atomic E-state index is 13.4. The number of ether oxygens (including phenoxy) is 5. The van der Waals surface area contributed by atoms with E-state index in [1.807, 2.05) is 0 Å². The molecule has 0 spiro atoms. The zero-order chi connectivity index (χ0) is 44.8. The fraction of sp³-hybridized carbons (Fsp3) is 0.958. The van der Waals surface area contributed by atoms with Gasteiger partial charge in [-0.05, 0) is 25.7 Å². The largest absolute Gasteiger partial charge is 0.463 e. The van der Waals surface area contributed by atoms with Crippen molar-refractivity contribution >= 4 is 11.9 Å². The zero-order valence-electron chi connectivity index (χ0n) is 38.7. The second-order valence-electron chi connectivity index (χ2n) is 18.0. The van der Waals surface area contributed by atoms with E-state index in [0.29, 0.717) is 25.7 Å². The van der Waals surface area contributed by atoms with Gasteiger partial charge in [-0.1, -0.05) is 182 Å². The Hall–Kier alpha value is -1.42. The lowest BCUT2D eigenvalue weighted by Gasteiger charge is -2.44. The molecule has 4 unspecified atom stereocenters. The summed E-state index contributed by atoms with van der Waals surface area (Å²) < 4.78 is 28.8. The van der Waals surface area contributed by atoms with Crippen LogP contribution in [0.1, 0.15) is 207 Å². The van der Waals surface area contributed by atoms with Crippen LogP contribution in [0, 0.1) is 11.8 Å². The predicted molar refractivity (Wildman–Crippen MR) is 235 cm³/mol. The number of aliphatic hydroxyl groups excluding tert-OH is 6. The van der Waals surface area contributed by atoms with E-state index in [2.05, 4.69) is 27.7 Å². The topological polar surface area (TPSA) is 202 Å². The Kier molecular flexibility index (Phi) is 31.1. The summed E-state index contributed by atoms with van der Waals surface area (Å²) >= 11 is 0. The molecule has 10 atom stereocenters. The summed E-state index contributed by atoms with van der Waals surface area (Å²) in [7, 11) is 0. The Morgan fingerprint density at radius 1 is 0.393 bits per heavy atom. The molecule has 0 aromatic rings. The molecule has 0 amide bonds. The summed E-state index contributed by atoms with van der Waals surface area (Å²) in [5.74, 6) is -1.44. The fourth-order valence-electron chi connectivity index (χ4n) is 8.47. The lowest BCUT2D eigenvalue weighted by atomic mass is 9.94. The van der Waals surface area contributed by atoms with Gasteiger partial charge >= 0.3 is 11.9 Å². The summed E-state index contributed by atoms with van der Waals surface area (Å²) in [6.45, 7) is 7.88. The van der Waals surface area contributed by atoms with Gasteiger partial charge in [0.15, 0.2) is 12.6 Å². The van der Waals surface area contributed by atoms with Gasteiger partial charge in [0, 0.05) is 0 Å². The first-order valence-corrected chi connectivity index (χ1v) is 24.9. The molecule has 0 aliphatic carbocycles. The number of hydrogen-bond acceptors (Lipinski definition) is 13. The van der Waals surface area contributed by atoms with Gasteiger partial charge in [-0.3, -0.25) is 9.59 Å². The number of carbonyl (C=O) groups excluding carboxylic acids is 2. The molecule has 13 heteroatoms. The van der Waals surface area contributed by atoms with Gasteiger partial charge in [0.2, 0.25) is 0 Å². The Bertz CT molecular complexity index is 982. The van der Waals surface area contributed by atoms with Crippen molar-refractivity contribution in [2.45, 2.75) is 269 Å². The molecule has 0 aromatic heterocycles. The van der Waals surface area contributed by atoms with Gasteiger partial charge < -0.3 is 54.3 Å². The zero-order valence-corrected chi connectivity index (χ0v) is 38.7. The average molecular weight is 875 g/mol. The summed E-state index contributed by atoms with van der Waals surface area (Å²) in [5.41, 5.74) is 0. The molecule has 0 aromatic carbocycles. The quantitative estimate of drug-likeness (QED) is 0.0262. The monoisotopic (exact) mass is 875 g/mol. The number of hydrogen-bond donors (Lipinski definition) is 6. The molecule has 13 nitrogen and oxygen atoms in total. The van der Waals surface area contributed by atoms with Crippen LogP contribution >= 0.6 is 0 Å². The van der Waals surface area contributed by atoms with Crippen LogP contribution in [0.4, 0.5) is 0 Å². The lowest BCUT2D eigenvalue weighted by Crippen LogP contribution is -2.64. The molecule has 360 valence electrons. The summed E-state index contributed by atoms with van der Waals surface area (Å²) in [5, 5.41) is 64.9. The standard InChI is InChI=1S/C48H90O13/c1-5-9-13-17-21-25-29-35(30-26-22-18-14-10-6-2)45(55)57-33-37-39(49)41(51)43(53)47(59-37)61-48-44(54)42(52)40(50)38(60-48)34-58-46(56)36(31-27-23-19-15-11-7-3)32-28-24-20-16-12-8-4/h35-44,47-54H,5-34H2,1-4H3/t37?,38?,39-,40-,41-,42-,43?,44?,47-,48-/m0/s1. The van der Waals surface area contributed by atoms with Gasteiger partial charge in [0.1, 0.15) is 62.0 Å². The highest BCUT2D eigenvalue weighted by Crippen LogP contribution is 2.30. The number of esters is 2. The minimum Gasteiger partial charge on any atom is -0.463 e. The van der Waals surface area contributed by atoms with E-state index >= 15 is 0 Å². The molecule has 2 aliphatic rings. The first kappa shape index (κ1) is 55.7. The van der Waals surface area contributed by atoms with Crippen LogP contribution in [0.3, 0.4) is 0 Å². The lowest BCUT2D eigenvalue weighted by molar-refractivity contribution is -0.376. The van der Waals surface area contributed by atoms with E-state index in [1.54, 1.807) is 0 Å². The van der Waals surface area contributed by atoms with Crippen molar-refractivity contribution in [2.75, 3.05) is 13.2 Å². The van der Waals surface area contributed by atoms with Gasteiger partial charge in [0.05, 0.1) is 11.8 Å². The van der Waals surface area contributed by atoms with Crippen LogP contribution in [-0.2, 0) is 33.3 Å². The van der Waals surface area contributed by atoms with Crippen molar-refractivity contribution in [2.24, 2.45) is 11.8 Å². The molecule has 6 N–H and O–H groups in total. The molecule has 0 radical (unpaired) electrons. The maximum absolute atomic E-state index is 13.4. The highest BCUT2D eigenvalue weighted by Gasteiger charge is 2.50. The highest BCUT2D eigenvalue weighted by atomic mass is 16.8. The third kappa shape index (κ3) is 21.9. The van der Waals surface area contributed by atoms with Crippen LogP contribution in [0.2, 0.25) is 0 Å². The molecule has 2 saturated heterocycles. The van der Waals surface area contributed by atoms with E-state index < -0.39 is 86.6 Å². The molecule has 61 heavy (non-hydrogen) atoms. The van der Waals surface area contributed by atoms with Gasteiger partial charge in [0.25, 0.3) is 0 Å². The smallest absolute Gasteiger partial charge is 0.309 e. The summed E-state index contributed by atoms with van der Waals surface area (Å²) in [6.07, 6.45) is 12.8. The van der Waals surface area contributed by atoms with Crippen molar-refractivity contribution < 1.29 is 63.9 Å². The predicted octanol–water partition coefficient (Wildman–Crippen LogP) is 7.94.